The summed E-state index contributed by atoms with van der Waals surface area (Å²) in [5.74, 6) is 1.29. The fraction of sp³-hybridized carbons (Fsp3) is 0.682. The predicted octanol–water partition coefficient (Wildman–Crippen LogP) is 3.01. The molecular formula is C22H34N4O. The van der Waals surface area contributed by atoms with Crippen molar-refractivity contribution in [2.75, 3.05) is 39.4 Å². The molecule has 1 saturated carbocycles. The van der Waals surface area contributed by atoms with E-state index in [2.05, 4.69) is 39.9 Å². The molecule has 2 fully saturated rings. The number of nitrogens with one attached hydrogen (secondary N) is 1. The normalized spacial score (nSPS) is 21.5. The summed E-state index contributed by atoms with van der Waals surface area (Å²) in [4.78, 5) is 7.65. The van der Waals surface area contributed by atoms with E-state index in [1.54, 1.807) is 0 Å². The quantitative estimate of drug-likeness (QED) is 0.882. The van der Waals surface area contributed by atoms with Gasteiger partial charge in [-0.1, -0.05) is 19.4 Å². The van der Waals surface area contributed by atoms with Crippen LogP contribution in [0.4, 0.5) is 0 Å². The van der Waals surface area contributed by atoms with E-state index in [0.717, 1.165) is 51.7 Å². The first kappa shape index (κ1) is 18.9. The highest BCUT2D eigenvalue weighted by atomic mass is 16.5. The van der Waals surface area contributed by atoms with Crippen LogP contribution in [0.1, 0.15) is 44.0 Å². The highest BCUT2D eigenvalue weighted by molar-refractivity contribution is 5.77. The van der Waals surface area contributed by atoms with Crippen LogP contribution in [-0.4, -0.2) is 59.9 Å². The summed E-state index contributed by atoms with van der Waals surface area (Å²) in [6, 6.07) is 7.68. The fourth-order valence-corrected chi connectivity index (χ4v) is 4.31. The molecule has 5 nitrogen and oxygen atoms in total. The molecule has 2 aliphatic heterocycles. The van der Waals surface area contributed by atoms with Crippen molar-refractivity contribution in [3.05, 3.63) is 29.6 Å². The maximum absolute atomic E-state index is 5.01. The van der Waals surface area contributed by atoms with Gasteiger partial charge in [-0.2, -0.15) is 0 Å². The summed E-state index contributed by atoms with van der Waals surface area (Å²) in [7, 11) is 0. The second kappa shape index (κ2) is 9.18. The van der Waals surface area contributed by atoms with E-state index in [-0.39, 0.29) is 0 Å². The van der Waals surface area contributed by atoms with Gasteiger partial charge >= 0.3 is 0 Å². The summed E-state index contributed by atoms with van der Waals surface area (Å²) < 4.78 is 7.47. The van der Waals surface area contributed by atoms with Crippen molar-refractivity contribution < 1.29 is 4.74 Å². The fourth-order valence-electron chi connectivity index (χ4n) is 4.31. The number of fused-ring (bicyclic) bond motifs is 3. The van der Waals surface area contributed by atoms with Gasteiger partial charge in [0.05, 0.1) is 24.2 Å². The third-order valence-electron chi connectivity index (χ3n) is 6.19. The topological polar surface area (TPSA) is 42.3 Å². The molecule has 148 valence electrons. The SMILES string of the molecule is C1COCCN1.CCc1ccc2c(c1)nc1n2CCCN(C2CCC2)CC1. The Labute approximate surface area is 163 Å². The lowest BCUT2D eigenvalue weighted by molar-refractivity contribution is 0.109. The van der Waals surface area contributed by atoms with Gasteiger partial charge in [0.1, 0.15) is 5.82 Å². The summed E-state index contributed by atoms with van der Waals surface area (Å²) in [5, 5.41) is 3.16. The second-order valence-electron chi connectivity index (χ2n) is 7.94. The zero-order chi connectivity index (χ0) is 18.5. The molecule has 0 bridgehead atoms. The summed E-state index contributed by atoms with van der Waals surface area (Å²) in [6.45, 7) is 9.62. The molecule has 0 spiro atoms. The number of hydrogen-bond acceptors (Lipinski definition) is 4. The van der Waals surface area contributed by atoms with Crippen LogP contribution in [0.15, 0.2) is 18.2 Å². The van der Waals surface area contributed by atoms with E-state index < -0.39 is 0 Å². The van der Waals surface area contributed by atoms with Gasteiger partial charge in [-0.15, -0.1) is 0 Å². The Bertz CT molecular complexity index is 722. The van der Waals surface area contributed by atoms with Crippen LogP contribution in [0.3, 0.4) is 0 Å². The Morgan fingerprint density at radius 3 is 2.59 bits per heavy atom. The third-order valence-corrected chi connectivity index (χ3v) is 6.19. The first-order chi connectivity index (χ1) is 13.3. The molecule has 2 aromatic rings. The number of aryl methyl sites for hydroxylation is 2. The van der Waals surface area contributed by atoms with E-state index in [4.69, 9.17) is 9.72 Å². The van der Waals surface area contributed by atoms with Crippen LogP contribution in [0.5, 0.6) is 0 Å². The molecule has 5 rings (SSSR count). The van der Waals surface area contributed by atoms with E-state index in [1.807, 2.05) is 0 Å². The van der Waals surface area contributed by atoms with Crippen LogP contribution in [-0.2, 0) is 24.1 Å². The molecule has 0 unspecified atom stereocenters. The van der Waals surface area contributed by atoms with Crippen molar-refractivity contribution in [3.8, 4) is 0 Å². The van der Waals surface area contributed by atoms with Crippen LogP contribution in [0.2, 0.25) is 0 Å². The Kier molecular flexibility index (Phi) is 6.43. The van der Waals surface area contributed by atoms with Gasteiger partial charge in [0.15, 0.2) is 0 Å². The smallest absolute Gasteiger partial charge is 0.111 e. The van der Waals surface area contributed by atoms with E-state index in [9.17, 15) is 0 Å². The number of hydrogen-bond donors (Lipinski definition) is 1. The summed E-state index contributed by atoms with van der Waals surface area (Å²) in [5.41, 5.74) is 3.92. The Morgan fingerprint density at radius 1 is 1.11 bits per heavy atom. The van der Waals surface area contributed by atoms with E-state index in [1.165, 1.54) is 61.2 Å². The lowest BCUT2D eigenvalue weighted by Gasteiger charge is -2.38. The predicted molar refractivity (Wildman–Crippen MR) is 110 cm³/mol. The molecule has 1 aromatic carbocycles. The number of aromatic nitrogens is 2. The van der Waals surface area contributed by atoms with Gasteiger partial charge in [0.25, 0.3) is 0 Å². The molecule has 3 aliphatic rings. The van der Waals surface area contributed by atoms with E-state index in [0.29, 0.717) is 0 Å². The monoisotopic (exact) mass is 370 g/mol. The van der Waals surface area contributed by atoms with Crippen LogP contribution in [0, 0.1) is 0 Å². The maximum atomic E-state index is 5.01. The number of rotatable bonds is 2. The van der Waals surface area contributed by atoms with Crippen molar-refractivity contribution in [1.29, 1.82) is 0 Å². The average molecular weight is 371 g/mol. The number of morpholine rings is 1. The molecule has 1 aromatic heterocycles. The van der Waals surface area contributed by atoms with Crippen molar-refractivity contribution in [1.82, 2.24) is 19.8 Å². The molecule has 5 heteroatoms. The minimum absolute atomic E-state index is 0.868. The Balaban J connectivity index is 0.000000257. The first-order valence-corrected chi connectivity index (χ1v) is 10.9. The molecule has 1 N–H and O–H groups in total. The van der Waals surface area contributed by atoms with Gasteiger partial charge in [0, 0.05) is 45.2 Å². The third kappa shape index (κ3) is 4.53. The van der Waals surface area contributed by atoms with Crippen LogP contribution in [0.25, 0.3) is 11.0 Å². The second-order valence-corrected chi connectivity index (χ2v) is 7.94. The number of nitrogens with zero attached hydrogens (tertiary/aromatic N) is 3. The molecule has 1 saturated heterocycles. The zero-order valence-electron chi connectivity index (χ0n) is 16.8. The molecule has 0 radical (unpaired) electrons. The highest BCUT2D eigenvalue weighted by Gasteiger charge is 2.26. The lowest BCUT2D eigenvalue weighted by Crippen LogP contribution is -2.43. The van der Waals surface area contributed by atoms with Crippen molar-refractivity contribution >= 4 is 11.0 Å². The number of benzene rings is 1. The molecule has 27 heavy (non-hydrogen) atoms. The van der Waals surface area contributed by atoms with Gasteiger partial charge in [-0.3, -0.25) is 4.90 Å². The van der Waals surface area contributed by atoms with Crippen molar-refractivity contribution in [2.24, 2.45) is 0 Å². The molecule has 1 aliphatic carbocycles. The summed E-state index contributed by atoms with van der Waals surface area (Å²) >= 11 is 0. The van der Waals surface area contributed by atoms with Gasteiger partial charge < -0.3 is 14.6 Å². The Hall–Kier alpha value is -1.43. The van der Waals surface area contributed by atoms with Crippen molar-refractivity contribution in [2.45, 2.75) is 58.0 Å². The first-order valence-electron chi connectivity index (χ1n) is 10.9. The van der Waals surface area contributed by atoms with Crippen LogP contribution >= 0.6 is 0 Å². The molecule has 0 atom stereocenters. The standard InChI is InChI=1S/C18H25N3.C4H9NO/c1-2-14-7-8-17-16(13-14)19-18-9-12-20(15-5-3-6-15)10-4-11-21(17)18;1-3-6-4-2-5-1/h7-8,13,15H,2-6,9-12H2,1H3;5H,1-4H2. The number of ether oxygens (including phenoxy) is 1. The molecule has 0 amide bonds. The van der Waals surface area contributed by atoms with Gasteiger partial charge in [-0.25, -0.2) is 4.98 Å². The van der Waals surface area contributed by atoms with Crippen molar-refractivity contribution in [3.63, 3.8) is 0 Å². The zero-order valence-corrected chi connectivity index (χ0v) is 16.8. The van der Waals surface area contributed by atoms with Gasteiger partial charge in [0.2, 0.25) is 0 Å². The van der Waals surface area contributed by atoms with Gasteiger partial charge in [-0.05, 0) is 43.4 Å². The average Bonchev–Trinajstić information content (AvgIpc) is 3.00. The highest BCUT2D eigenvalue weighted by Crippen LogP contribution is 2.27. The minimum Gasteiger partial charge on any atom is -0.379 e. The number of imidazole rings is 1. The molecule has 3 heterocycles. The maximum Gasteiger partial charge on any atom is 0.111 e. The van der Waals surface area contributed by atoms with E-state index >= 15 is 0 Å². The minimum atomic E-state index is 0.868. The molecular weight excluding hydrogens is 336 g/mol. The largest absolute Gasteiger partial charge is 0.379 e. The Morgan fingerprint density at radius 2 is 1.96 bits per heavy atom. The van der Waals surface area contributed by atoms with Crippen LogP contribution < -0.4 is 5.32 Å². The summed E-state index contributed by atoms with van der Waals surface area (Å²) in [6.07, 6.45) is 7.71. The lowest BCUT2D eigenvalue weighted by atomic mass is 9.91.